The van der Waals surface area contributed by atoms with Gasteiger partial charge in [-0.15, -0.1) is 0 Å². The number of benzene rings is 2. The number of amides is 1. The molecule has 0 unspecified atom stereocenters. The summed E-state index contributed by atoms with van der Waals surface area (Å²) in [6, 6.07) is 16.2. The largest absolute Gasteiger partial charge is 0.389 e. The molecule has 0 fully saturated rings. The average molecular weight is 353 g/mol. The molecule has 7 nitrogen and oxygen atoms in total. The number of carbonyl (C=O) groups excluding carboxylic acids is 1. The maximum absolute atomic E-state index is 12.5. The predicted octanol–water partition coefficient (Wildman–Crippen LogP) is 1.07. The van der Waals surface area contributed by atoms with Gasteiger partial charge in [-0.25, -0.2) is 4.68 Å². The lowest BCUT2D eigenvalue weighted by Gasteiger charge is -2.14. The van der Waals surface area contributed by atoms with Gasteiger partial charge in [0.15, 0.2) is 5.69 Å². The SMILES string of the molecule is NC(=O)c1nn(C[C@@H](O)COCc2ccccc2)c(=O)c2ccccc12. The van der Waals surface area contributed by atoms with E-state index in [1.165, 1.54) is 0 Å². The lowest BCUT2D eigenvalue weighted by Crippen LogP contribution is -2.33. The molecule has 2 aromatic carbocycles. The Morgan fingerprint density at radius 2 is 1.77 bits per heavy atom. The first-order chi connectivity index (χ1) is 12.6. The number of hydrogen-bond donors (Lipinski definition) is 2. The molecule has 0 saturated heterocycles. The second-order valence-corrected chi connectivity index (χ2v) is 5.90. The third-order valence-corrected chi connectivity index (χ3v) is 3.91. The summed E-state index contributed by atoms with van der Waals surface area (Å²) in [5.74, 6) is -0.732. The highest BCUT2D eigenvalue weighted by Crippen LogP contribution is 2.12. The molecule has 3 N–H and O–H groups in total. The van der Waals surface area contributed by atoms with Crippen LogP contribution in [0.3, 0.4) is 0 Å². The van der Waals surface area contributed by atoms with Gasteiger partial charge in [0, 0.05) is 5.39 Å². The van der Waals surface area contributed by atoms with Crippen LogP contribution in [0.5, 0.6) is 0 Å². The molecule has 7 heteroatoms. The monoisotopic (exact) mass is 353 g/mol. The van der Waals surface area contributed by atoms with Gasteiger partial charge in [-0.05, 0) is 11.6 Å². The molecule has 0 bridgehead atoms. The van der Waals surface area contributed by atoms with Crippen molar-refractivity contribution >= 4 is 16.7 Å². The van der Waals surface area contributed by atoms with Gasteiger partial charge in [-0.3, -0.25) is 9.59 Å². The third kappa shape index (κ3) is 3.96. The first-order valence-electron chi connectivity index (χ1n) is 8.15. The normalized spacial score (nSPS) is 12.2. The van der Waals surface area contributed by atoms with Crippen LogP contribution >= 0.6 is 0 Å². The van der Waals surface area contributed by atoms with Crippen LogP contribution in [-0.4, -0.2) is 33.5 Å². The molecule has 3 aromatic rings. The molecule has 3 rings (SSSR count). The van der Waals surface area contributed by atoms with Crippen LogP contribution in [-0.2, 0) is 17.9 Å². The molecule has 0 radical (unpaired) electrons. The first-order valence-corrected chi connectivity index (χ1v) is 8.15. The molecule has 0 spiro atoms. The number of hydrogen-bond acceptors (Lipinski definition) is 5. The van der Waals surface area contributed by atoms with Crippen molar-refractivity contribution < 1.29 is 14.6 Å². The molecular weight excluding hydrogens is 334 g/mol. The highest BCUT2D eigenvalue weighted by Gasteiger charge is 2.16. The van der Waals surface area contributed by atoms with E-state index < -0.39 is 17.6 Å². The van der Waals surface area contributed by atoms with E-state index >= 15 is 0 Å². The Bertz CT molecular complexity index is 969. The number of fused-ring (bicyclic) bond motifs is 1. The fourth-order valence-electron chi connectivity index (χ4n) is 2.68. The van der Waals surface area contributed by atoms with Crippen molar-refractivity contribution in [2.45, 2.75) is 19.3 Å². The van der Waals surface area contributed by atoms with E-state index in [0.29, 0.717) is 17.4 Å². The smallest absolute Gasteiger partial charge is 0.274 e. The van der Waals surface area contributed by atoms with Crippen LogP contribution in [0.25, 0.3) is 10.8 Å². The predicted molar refractivity (Wildman–Crippen MR) is 96.6 cm³/mol. The van der Waals surface area contributed by atoms with E-state index in [0.717, 1.165) is 10.2 Å². The van der Waals surface area contributed by atoms with Crippen molar-refractivity contribution in [2.24, 2.45) is 5.73 Å². The van der Waals surface area contributed by atoms with E-state index in [1.807, 2.05) is 30.3 Å². The van der Waals surface area contributed by atoms with Crippen molar-refractivity contribution in [2.75, 3.05) is 6.61 Å². The van der Waals surface area contributed by atoms with E-state index in [4.69, 9.17) is 10.5 Å². The van der Waals surface area contributed by atoms with Crippen LogP contribution in [0.15, 0.2) is 59.4 Å². The fourth-order valence-corrected chi connectivity index (χ4v) is 2.68. The zero-order chi connectivity index (χ0) is 18.5. The first kappa shape index (κ1) is 17.8. The van der Waals surface area contributed by atoms with Gasteiger partial charge in [0.05, 0.1) is 31.2 Å². The van der Waals surface area contributed by atoms with Gasteiger partial charge in [0.25, 0.3) is 11.5 Å². The maximum Gasteiger partial charge on any atom is 0.274 e. The van der Waals surface area contributed by atoms with Gasteiger partial charge in [-0.1, -0.05) is 48.5 Å². The second-order valence-electron chi connectivity index (χ2n) is 5.90. The van der Waals surface area contributed by atoms with Crippen LogP contribution in [0, 0.1) is 0 Å². The maximum atomic E-state index is 12.5. The molecule has 134 valence electrons. The number of primary amides is 1. The van der Waals surface area contributed by atoms with Crippen molar-refractivity contribution in [1.82, 2.24) is 9.78 Å². The number of aliphatic hydroxyl groups is 1. The summed E-state index contributed by atoms with van der Waals surface area (Å²) in [4.78, 5) is 24.2. The van der Waals surface area contributed by atoms with Crippen LogP contribution < -0.4 is 11.3 Å². The summed E-state index contributed by atoms with van der Waals surface area (Å²) in [5.41, 5.74) is 5.96. The summed E-state index contributed by atoms with van der Waals surface area (Å²) in [6.07, 6.45) is -0.953. The number of ether oxygens (including phenoxy) is 1. The Morgan fingerprint density at radius 1 is 1.12 bits per heavy atom. The number of rotatable bonds is 7. The van der Waals surface area contributed by atoms with Gasteiger partial charge in [-0.2, -0.15) is 5.10 Å². The van der Waals surface area contributed by atoms with Crippen molar-refractivity contribution in [3.63, 3.8) is 0 Å². The fraction of sp³-hybridized carbons (Fsp3) is 0.211. The highest BCUT2D eigenvalue weighted by molar-refractivity contribution is 6.03. The molecule has 0 aliphatic rings. The van der Waals surface area contributed by atoms with Gasteiger partial charge >= 0.3 is 0 Å². The Labute approximate surface area is 149 Å². The minimum absolute atomic E-state index is 0.00222. The number of nitrogens with zero attached hydrogens (tertiary/aromatic N) is 2. The van der Waals surface area contributed by atoms with Crippen molar-refractivity contribution in [3.05, 3.63) is 76.2 Å². The number of nitrogens with two attached hydrogens (primary N) is 1. The molecule has 0 saturated carbocycles. The lowest BCUT2D eigenvalue weighted by molar-refractivity contribution is 0.0180. The summed E-state index contributed by atoms with van der Waals surface area (Å²) >= 11 is 0. The molecule has 0 aliphatic heterocycles. The topological polar surface area (TPSA) is 107 Å². The minimum atomic E-state index is -0.953. The number of aromatic nitrogens is 2. The van der Waals surface area contributed by atoms with Gasteiger partial charge < -0.3 is 15.6 Å². The zero-order valence-corrected chi connectivity index (χ0v) is 14.0. The summed E-state index contributed by atoms with van der Waals surface area (Å²) < 4.78 is 6.53. The summed E-state index contributed by atoms with van der Waals surface area (Å²) in [6.45, 7) is 0.283. The van der Waals surface area contributed by atoms with Gasteiger partial charge in [0.1, 0.15) is 0 Å². The van der Waals surface area contributed by atoms with Crippen LogP contribution in [0.2, 0.25) is 0 Å². The average Bonchev–Trinajstić information content (AvgIpc) is 2.65. The van der Waals surface area contributed by atoms with E-state index in [1.54, 1.807) is 24.3 Å². The Hall–Kier alpha value is -3.03. The van der Waals surface area contributed by atoms with Crippen LogP contribution in [0.4, 0.5) is 0 Å². The molecule has 1 heterocycles. The van der Waals surface area contributed by atoms with Gasteiger partial charge in [0.2, 0.25) is 0 Å². The lowest BCUT2D eigenvalue weighted by atomic mass is 10.1. The molecule has 26 heavy (non-hydrogen) atoms. The third-order valence-electron chi connectivity index (χ3n) is 3.91. The highest BCUT2D eigenvalue weighted by atomic mass is 16.5. The molecule has 1 aromatic heterocycles. The standard InChI is InChI=1S/C19H19N3O4/c20-18(24)17-15-8-4-5-9-16(15)19(25)22(21-17)10-14(23)12-26-11-13-6-2-1-3-7-13/h1-9,14,23H,10-12H2,(H2,20,24)/t14-/m1/s1. The Balaban J connectivity index is 1.74. The van der Waals surface area contributed by atoms with E-state index in [9.17, 15) is 14.7 Å². The van der Waals surface area contributed by atoms with Crippen molar-refractivity contribution in [1.29, 1.82) is 0 Å². The number of aliphatic hydroxyl groups excluding tert-OH is 1. The molecular formula is C19H19N3O4. The van der Waals surface area contributed by atoms with E-state index in [2.05, 4.69) is 5.10 Å². The van der Waals surface area contributed by atoms with Crippen LogP contribution in [0.1, 0.15) is 16.1 Å². The summed E-state index contributed by atoms with van der Waals surface area (Å²) in [5, 5.41) is 14.9. The summed E-state index contributed by atoms with van der Waals surface area (Å²) in [7, 11) is 0. The molecule has 1 amide bonds. The second kappa shape index (κ2) is 7.90. The van der Waals surface area contributed by atoms with Crippen molar-refractivity contribution in [3.8, 4) is 0 Å². The van der Waals surface area contributed by atoms with E-state index in [-0.39, 0.29) is 18.8 Å². The Morgan fingerprint density at radius 3 is 2.46 bits per heavy atom. The zero-order valence-electron chi connectivity index (χ0n) is 14.0. The Kier molecular flexibility index (Phi) is 5.40. The quantitative estimate of drug-likeness (QED) is 0.661. The minimum Gasteiger partial charge on any atom is -0.389 e. The molecule has 1 atom stereocenters. The number of carbonyl (C=O) groups is 1. The molecule has 0 aliphatic carbocycles.